The minimum Gasteiger partial charge on any atom is -0.337 e. The fourth-order valence-corrected chi connectivity index (χ4v) is 3.65. The fraction of sp³-hybridized carbons (Fsp3) is 0.476. The van der Waals surface area contributed by atoms with Crippen LogP contribution in [0.25, 0.3) is 0 Å². The van der Waals surface area contributed by atoms with Crippen LogP contribution < -0.4 is 5.32 Å². The maximum atomic E-state index is 13.8. The van der Waals surface area contributed by atoms with Crippen LogP contribution in [-0.2, 0) is 6.54 Å². The van der Waals surface area contributed by atoms with E-state index in [1.165, 1.54) is 23.5 Å². The number of nitrogens with one attached hydrogen (secondary N) is 1. The van der Waals surface area contributed by atoms with E-state index in [1.54, 1.807) is 22.4 Å². The summed E-state index contributed by atoms with van der Waals surface area (Å²) < 4.78 is 13.8. The third-order valence-corrected chi connectivity index (χ3v) is 5.18. The Kier molecular flexibility index (Phi) is 8.57. The number of aromatic nitrogens is 1. The van der Waals surface area contributed by atoms with Crippen molar-refractivity contribution in [2.24, 2.45) is 0 Å². The molecule has 0 radical (unpaired) electrons. The van der Waals surface area contributed by atoms with Gasteiger partial charge in [0.1, 0.15) is 16.5 Å². The summed E-state index contributed by atoms with van der Waals surface area (Å²) in [5, 5.41) is 5.01. The first kappa shape index (κ1) is 22.8. The number of amides is 3. The molecule has 2 rings (SSSR count). The Hall–Kier alpha value is -2.48. The Labute approximate surface area is 175 Å². The molecule has 0 aliphatic carbocycles. The number of hydrogen-bond donors (Lipinski definition) is 1. The van der Waals surface area contributed by atoms with Crippen molar-refractivity contribution in [3.63, 3.8) is 0 Å². The van der Waals surface area contributed by atoms with Crippen molar-refractivity contribution >= 4 is 29.0 Å². The lowest BCUT2D eigenvalue weighted by atomic mass is 10.3. The number of anilines is 1. The zero-order chi connectivity index (χ0) is 21.4. The van der Waals surface area contributed by atoms with Gasteiger partial charge in [-0.1, -0.05) is 26.0 Å². The molecular weight excluding hydrogens is 391 g/mol. The number of carbonyl (C=O) groups excluding carboxylic acids is 2. The van der Waals surface area contributed by atoms with Crippen molar-refractivity contribution in [3.05, 3.63) is 46.2 Å². The van der Waals surface area contributed by atoms with E-state index in [0.717, 1.165) is 12.8 Å². The average molecular weight is 421 g/mol. The Morgan fingerprint density at radius 3 is 2.41 bits per heavy atom. The highest BCUT2D eigenvalue weighted by molar-refractivity contribution is 7.09. The third-order valence-electron chi connectivity index (χ3n) is 4.35. The predicted octanol–water partition coefficient (Wildman–Crippen LogP) is 4.99. The van der Waals surface area contributed by atoms with Crippen molar-refractivity contribution in [1.82, 2.24) is 14.8 Å². The molecule has 1 aromatic heterocycles. The molecule has 0 aliphatic rings. The van der Waals surface area contributed by atoms with E-state index in [2.05, 4.69) is 10.3 Å². The first-order chi connectivity index (χ1) is 13.9. The van der Waals surface area contributed by atoms with Gasteiger partial charge in [-0.05, 0) is 38.8 Å². The second-order valence-electron chi connectivity index (χ2n) is 7.05. The number of carbonyl (C=O) groups is 2. The highest BCUT2D eigenvalue weighted by Gasteiger charge is 2.22. The van der Waals surface area contributed by atoms with Gasteiger partial charge in [0.2, 0.25) is 0 Å². The molecule has 6 nitrogen and oxygen atoms in total. The number of hydrogen-bond acceptors (Lipinski definition) is 4. The van der Waals surface area contributed by atoms with Crippen LogP contribution in [0.3, 0.4) is 0 Å². The SMILES string of the molecule is CCCN(CCC)C(=O)c1csc(CN(C(=O)Nc2ccccc2F)C(C)C)n1. The minimum atomic E-state index is -0.487. The molecule has 0 spiro atoms. The Bertz CT molecular complexity index is 819. The number of nitrogens with zero attached hydrogens (tertiary/aromatic N) is 3. The molecule has 1 aromatic carbocycles. The summed E-state index contributed by atoms with van der Waals surface area (Å²) >= 11 is 1.35. The minimum absolute atomic E-state index is 0.0805. The Balaban J connectivity index is 2.10. The second-order valence-corrected chi connectivity index (χ2v) is 7.99. The highest BCUT2D eigenvalue weighted by atomic mass is 32.1. The number of thiazole rings is 1. The van der Waals surface area contributed by atoms with Gasteiger partial charge in [0.25, 0.3) is 5.91 Å². The van der Waals surface area contributed by atoms with Gasteiger partial charge in [-0.25, -0.2) is 14.2 Å². The monoisotopic (exact) mass is 420 g/mol. The zero-order valence-corrected chi connectivity index (χ0v) is 18.3. The van der Waals surface area contributed by atoms with Crippen LogP contribution in [0.1, 0.15) is 56.0 Å². The summed E-state index contributed by atoms with van der Waals surface area (Å²) in [4.78, 5) is 33.2. The van der Waals surface area contributed by atoms with E-state index in [9.17, 15) is 14.0 Å². The molecule has 0 unspecified atom stereocenters. The average Bonchev–Trinajstić information content (AvgIpc) is 3.15. The second kappa shape index (κ2) is 10.9. The van der Waals surface area contributed by atoms with Crippen molar-refractivity contribution < 1.29 is 14.0 Å². The van der Waals surface area contributed by atoms with Crippen LogP contribution in [0.15, 0.2) is 29.6 Å². The van der Waals surface area contributed by atoms with Crippen molar-refractivity contribution in [1.29, 1.82) is 0 Å². The van der Waals surface area contributed by atoms with Gasteiger partial charge < -0.3 is 15.1 Å². The lowest BCUT2D eigenvalue weighted by Gasteiger charge is -2.26. The summed E-state index contributed by atoms with van der Waals surface area (Å²) in [6.45, 7) is 9.48. The molecule has 0 saturated heterocycles. The van der Waals surface area contributed by atoms with Crippen molar-refractivity contribution in [3.8, 4) is 0 Å². The molecule has 0 atom stereocenters. The Morgan fingerprint density at radius 1 is 1.17 bits per heavy atom. The van der Waals surface area contributed by atoms with Crippen LogP contribution in [0, 0.1) is 5.82 Å². The topological polar surface area (TPSA) is 65.5 Å². The highest BCUT2D eigenvalue weighted by Crippen LogP contribution is 2.18. The summed E-state index contributed by atoms with van der Waals surface area (Å²) in [7, 11) is 0. The summed E-state index contributed by atoms with van der Waals surface area (Å²) in [5.74, 6) is -0.568. The lowest BCUT2D eigenvalue weighted by Crippen LogP contribution is -2.39. The molecule has 0 bridgehead atoms. The lowest BCUT2D eigenvalue weighted by molar-refractivity contribution is 0.0750. The summed E-state index contributed by atoms with van der Waals surface area (Å²) in [6.07, 6.45) is 1.78. The summed E-state index contributed by atoms with van der Waals surface area (Å²) in [5.41, 5.74) is 0.540. The van der Waals surface area contributed by atoms with E-state index in [4.69, 9.17) is 0 Å². The first-order valence-corrected chi connectivity index (χ1v) is 10.8. The van der Waals surface area contributed by atoms with Gasteiger partial charge >= 0.3 is 6.03 Å². The molecule has 0 fully saturated rings. The Morgan fingerprint density at radius 2 is 1.83 bits per heavy atom. The molecule has 0 saturated carbocycles. The largest absolute Gasteiger partial charge is 0.337 e. The number of urea groups is 1. The normalized spacial score (nSPS) is 10.8. The molecule has 158 valence electrons. The van der Waals surface area contributed by atoms with E-state index >= 15 is 0 Å². The van der Waals surface area contributed by atoms with E-state index in [1.807, 2.05) is 32.6 Å². The fourth-order valence-electron chi connectivity index (χ4n) is 2.88. The predicted molar refractivity (Wildman–Crippen MR) is 115 cm³/mol. The van der Waals surface area contributed by atoms with E-state index < -0.39 is 11.8 Å². The first-order valence-electron chi connectivity index (χ1n) is 9.93. The summed E-state index contributed by atoms with van der Waals surface area (Å²) in [6, 6.07) is 5.51. The molecule has 3 amide bonds. The molecule has 2 aromatic rings. The molecule has 1 heterocycles. The maximum Gasteiger partial charge on any atom is 0.322 e. The number of halogens is 1. The van der Waals surface area contributed by atoms with Crippen LogP contribution in [-0.4, -0.2) is 45.9 Å². The molecule has 8 heteroatoms. The standard InChI is InChI=1S/C21H29FN4O2S/c1-5-11-25(12-6-2)20(27)18-14-29-19(23-18)13-26(15(3)4)21(28)24-17-10-8-7-9-16(17)22/h7-10,14-15H,5-6,11-13H2,1-4H3,(H,24,28). The number of benzene rings is 1. The molecule has 29 heavy (non-hydrogen) atoms. The number of rotatable bonds is 9. The molecule has 0 aliphatic heterocycles. The number of para-hydroxylation sites is 1. The van der Waals surface area contributed by atoms with Crippen molar-refractivity contribution in [2.75, 3.05) is 18.4 Å². The van der Waals surface area contributed by atoms with Gasteiger partial charge in [0.05, 0.1) is 12.2 Å². The van der Waals surface area contributed by atoms with Gasteiger partial charge in [-0.2, -0.15) is 0 Å². The van der Waals surface area contributed by atoms with Crippen molar-refractivity contribution in [2.45, 2.75) is 53.1 Å². The zero-order valence-electron chi connectivity index (χ0n) is 17.4. The van der Waals surface area contributed by atoms with Crippen LogP contribution in [0.5, 0.6) is 0 Å². The molecule has 1 N–H and O–H groups in total. The van der Waals surface area contributed by atoms with E-state index in [0.29, 0.717) is 23.8 Å². The van der Waals surface area contributed by atoms with Crippen LogP contribution in [0.4, 0.5) is 14.9 Å². The van der Waals surface area contributed by atoms with Gasteiger partial charge in [-0.3, -0.25) is 4.79 Å². The quantitative estimate of drug-likeness (QED) is 0.622. The van der Waals surface area contributed by atoms with Crippen LogP contribution in [0.2, 0.25) is 0 Å². The third kappa shape index (κ3) is 6.25. The smallest absolute Gasteiger partial charge is 0.322 e. The molecular formula is C21H29FN4O2S. The van der Waals surface area contributed by atoms with Gasteiger partial charge in [0, 0.05) is 24.5 Å². The van der Waals surface area contributed by atoms with Gasteiger partial charge in [-0.15, -0.1) is 11.3 Å². The van der Waals surface area contributed by atoms with Gasteiger partial charge in [0.15, 0.2) is 0 Å². The maximum absolute atomic E-state index is 13.8. The van der Waals surface area contributed by atoms with E-state index in [-0.39, 0.29) is 24.2 Å². The van der Waals surface area contributed by atoms with Crippen LogP contribution >= 0.6 is 11.3 Å².